The van der Waals surface area contributed by atoms with Gasteiger partial charge in [-0.2, -0.15) is 0 Å². The summed E-state index contributed by atoms with van der Waals surface area (Å²) in [5.41, 5.74) is 5.45. The number of likely N-dealkylation sites (N-methyl/N-ethyl adjacent to an activating group) is 1. The minimum absolute atomic E-state index is 0.0411. The molecule has 2 N–H and O–H groups in total. The maximum absolute atomic E-state index is 13.5. The van der Waals surface area contributed by atoms with Gasteiger partial charge < -0.3 is 10.6 Å². The first-order valence-corrected chi connectivity index (χ1v) is 6.20. The van der Waals surface area contributed by atoms with Gasteiger partial charge in [0.25, 0.3) is 0 Å². The van der Waals surface area contributed by atoms with Crippen molar-refractivity contribution in [3.05, 3.63) is 35.4 Å². The van der Waals surface area contributed by atoms with Crippen LogP contribution in [-0.2, 0) is 11.2 Å². The molecular weight excluding hydrogens is 270 g/mol. The summed E-state index contributed by atoms with van der Waals surface area (Å²) in [6.45, 7) is 1.79. The third-order valence-electron chi connectivity index (χ3n) is 2.92. The number of rotatable bonds is 5. The Morgan fingerprint density at radius 2 is 2.11 bits per heavy atom. The Hall–Kier alpha value is -1.56. The van der Waals surface area contributed by atoms with E-state index in [1.165, 1.54) is 17.0 Å². The lowest BCUT2D eigenvalue weighted by molar-refractivity contribution is -0.130. The van der Waals surface area contributed by atoms with Crippen LogP contribution in [0.1, 0.15) is 18.9 Å². The van der Waals surface area contributed by atoms with Gasteiger partial charge in [0.1, 0.15) is 0 Å². The van der Waals surface area contributed by atoms with Crippen LogP contribution in [0.4, 0.5) is 8.78 Å². The van der Waals surface area contributed by atoms with Crippen LogP contribution in [-0.4, -0.2) is 28.9 Å². The molecule has 0 aliphatic carbocycles. The van der Waals surface area contributed by atoms with Gasteiger partial charge in [-0.05, 0) is 13.0 Å². The maximum atomic E-state index is 13.5. The van der Waals surface area contributed by atoms with Gasteiger partial charge in [-0.3, -0.25) is 4.79 Å². The fourth-order valence-corrected chi connectivity index (χ4v) is 1.89. The topological polar surface area (TPSA) is 46.3 Å². The maximum Gasteiger partial charge on any atom is 0.227 e. The standard InChI is InChI=1S/C13H16F2N2OS/c1-8(6-11(16)19)17(2)12(18)7-9-4-3-5-10(14)13(9)15/h3-5,8H,6-7H2,1-2H3,(H2,16,19). The summed E-state index contributed by atoms with van der Waals surface area (Å²) >= 11 is 4.78. The smallest absolute Gasteiger partial charge is 0.227 e. The van der Waals surface area contributed by atoms with Gasteiger partial charge in [-0.15, -0.1) is 0 Å². The van der Waals surface area contributed by atoms with E-state index in [4.69, 9.17) is 18.0 Å². The van der Waals surface area contributed by atoms with Gasteiger partial charge in [-0.1, -0.05) is 24.4 Å². The highest BCUT2D eigenvalue weighted by Crippen LogP contribution is 2.13. The van der Waals surface area contributed by atoms with Crippen LogP contribution < -0.4 is 5.73 Å². The summed E-state index contributed by atoms with van der Waals surface area (Å²) in [7, 11) is 1.59. The fraction of sp³-hybridized carbons (Fsp3) is 0.385. The molecule has 0 saturated heterocycles. The molecule has 1 aromatic carbocycles. The number of nitrogens with zero attached hydrogens (tertiary/aromatic N) is 1. The van der Waals surface area contributed by atoms with Crippen molar-refractivity contribution in [2.75, 3.05) is 7.05 Å². The predicted octanol–water partition coefficient (Wildman–Crippen LogP) is 2.03. The quantitative estimate of drug-likeness (QED) is 0.843. The van der Waals surface area contributed by atoms with Crippen molar-refractivity contribution in [1.82, 2.24) is 4.90 Å². The van der Waals surface area contributed by atoms with E-state index in [1.807, 2.05) is 0 Å². The molecule has 0 saturated carbocycles. The Kier molecular flexibility index (Phi) is 5.35. The third-order valence-corrected chi connectivity index (χ3v) is 3.09. The molecular formula is C13H16F2N2OS. The lowest BCUT2D eigenvalue weighted by Crippen LogP contribution is -2.38. The monoisotopic (exact) mass is 286 g/mol. The number of benzene rings is 1. The Bertz CT molecular complexity index is 494. The number of hydrogen-bond donors (Lipinski definition) is 1. The summed E-state index contributed by atoms with van der Waals surface area (Å²) in [6, 6.07) is 3.60. The zero-order valence-corrected chi connectivity index (χ0v) is 11.6. The largest absolute Gasteiger partial charge is 0.393 e. The van der Waals surface area contributed by atoms with Gasteiger partial charge in [0.2, 0.25) is 5.91 Å². The normalized spacial score (nSPS) is 12.0. The highest BCUT2D eigenvalue weighted by Gasteiger charge is 2.19. The molecule has 0 aliphatic rings. The van der Waals surface area contributed by atoms with Crippen molar-refractivity contribution in [3.63, 3.8) is 0 Å². The summed E-state index contributed by atoms with van der Waals surface area (Å²) in [5, 5.41) is 0. The van der Waals surface area contributed by atoms with Crippen molar-refractivity contribution >= 4 is 23.1 Å². The number of amides is 1. The molecule has 1 rings (SSSR count). The number of carbonyl (C=O) groups is 1. The highest BCUT2D eigenvalue weighted by atomic mass is 32.1. The van der Waals surface area contributed by atoms with E-state index < -0.39 is 11.6 Å². The number of halogens is 2. The Morgan fingerprint density at radius 3 is 2.68 bits per heavy atom. The molecule has 1 unspecified atom stereocenters. The molecule has 0 heterocycles. The van der Waals surface area contributed by atoms with Crippen molar-refractivity contribution in [1.29, 1.82) is 0 Å². The second-order valence-corrected chi connectivity index (χ2v) is 4.94. The summed E-state index contributed by atoms with van der Waals surface area (Å²) in [5.74, 6) is -2.25. The molecule has 0 radical (unpaired) electrons. The SMILES string of the molecule is CC(CC(N)=S)N(C)C(=O)Cc1cccc(F)c1F. The highest BCUT2D eigenvalue weighted by molar-refractivity contribution is 7.80. The number of carbonyl (C=O) groups excluding carboxylic acids is 1. The number of thiocarbonyl (C=S) groups is 1. The van der Waals surface area contributed by atoms with E-state index in [1.54, 1.807) is 14.0 Å². The van der Waals surface area contributed by atoms with Crippen molar-refractivity contribution in [2.24, 2.45) is 5.73 Å². The van der Waals surface area contributed by atoms with E-state index in [9.17, 15) is 13.6 Å². The van der Waals surface area contributed by atoms with Crippen molar-refractivity contribution in [3.8, 4) is 0 Å². The van der Waals surface area contributed by atoms with Gasteiger partial charge >= 0.3 is 0 Å². The Morgan fingerprint density at radius 1 is 1.47 bits per heavy atom. The molecule has 1 amide bonds. The average molecular weight is 286 g/mol. The second kappa shape index (κ2) is 6.56. The van der Waals surface area contributed by atoms with E-state index in [2.05, 4.69) is 0 Å². The summed E-state index contributed by atoms with van der Waals surface area (Å²) < 4.78 is 26.5. The minimum Gasteiger partial charge on any atom is -0.393 e. The third kappa shape index (κ3) is 4.24. The first-order valence-electron chi connectivity index (χ1n) is 5.79. The van der Waals surface area contributed by atoms with E-state index in [0.717, 1.165) is 6.07 Å². The second-order valence-electron chi connectivity index (χ2n) is 4.41. The zero-order chi connectivity index (χ0) is 14.6. The zero-order valence-electron chi connectivity index (χ0n) is 10.8. The van der Waals surface area contributed by atoms with Crippen LogP contribution in [0.5, 0.6) is 0 Å². The number of hydrogen-bond acceptors (Lipinski definition) is 2. The van der Waals surface area contributed by atoms with E-state index in [0.29, 0.717) is 11.4 Å². The first-order chi connectivity index (χ1) is 8.82. The number of nitrogens with two attached hydrogens (primary N) is 1. The van der Waals surface area contributed by atoms with E-state index >= 15 is 0 Å². The lowest BCUT2D eigenvalue weighted by Gasteiger charge is -2.24. The molecule has 1 aromatic rings. The van der Waals surface area contributed by atoms with Gasteiger partial charge in [0.15, 0.2) is 11.6 Å². The van der Waals surface area contributed by atoms with Crippen LogP contribution in [0.2, 0.25) is 0 Å². The van der Waals surface area contributed by atoms with Crippen LogP contribution in [0, 0.1) is 11.6 Å². The van der Waals surface area contributed by atoms with E-state index in [-0.39, 0.29) is 23.9 Å². The Balaban J connectivity index is 2.74. The fourth-order valence-electron chi connectivity index (χ4n) is 1.65. The van der Waals surface area contributed by atoms with Crippen molar-refractivity contribution < 1.29 is 13.6 Å². The molecule has 0 fully saturated rings. The van der Waals surface area contributed by atoms with Crippen LogP contribution in [0.15, 0.2) is 18.2 Å². The van der Waals surface area contributed by atoms with Gasteiger partial charge in [-0.25, -0.2) is 8.78 Å². The predicted molar refractivity (Wildman–Crippen MR) is 73.7 cm³/mol. The minimum atomic E-state index is -0.980. The van der Waals surface area contributed by atoms with Crippen LogP contribution in [0.3, 0.4) is 0 Å². The molecule has 104 valence electrons. The Labute approximate surface area is 116 Å². The van der Waals surface area contributed by atoms with Crippen LogP contribution >= 0.6 is 12.2 Å². The molecule has 1 atom stereocenters. The molecule has 19 heavy (non-hydrogen) atoms. The van der Waals surface area contributed by atoms with Gasteiger partial charge in [0.05, 0.1) is 11.4 Å². The molecule has 3 nitrogen and oxygen atoms in total. The average Bonchev–Trinajstić information content (AvgIpc) is 2.33. The molecule has 0 spiro atoms. The van der Waals surface area contributed by atoms with Crippen LogP contribution in [0.25, 0.3) is 0 Å². The van der Waals surface area contributed by atoms with Gasteiger partial charge in [0, 0.05) is 25.1 Å². The molecule has 0 bridgehead atoms. The summed E-state index contributed by atoms with van der Waals surface area (Å²) in [4.78, 5) is 13.7. The first kappa shape index (κ1) is 15.5. The molecule has 0 aliphatic heterocycles. The molecule has 0 aromatic heterocycles. The van der Waals surface area contributed by atoms with Crippen molar-refractivity contribution in [2.45, 2.75) is 25.8 Å². The lowest BCUT2D eigenvalue weighted by atomic mass is 10.1. The summed E-state index contributed by atoms with van der Waals surface area (Å²) in [6.07, 6.45) is 0.199. The molecule has 6 heteroatoms.